The summed E-state index contributed by atoms with van der Waals surface area (Å²) in [4.78, 5) is 25.1. The van der Waals surface area contributed by atoms with Crippen molar-refractivity contribution in [3.8, 4) is 0 Å². The molecule has 0 aromatic carbocycles. The van der Waals surface area contributed by atoms with Gasteiger partial charge in [-0.05, 0) is 26.0 Å². The van der Waals surface area contributed by atoms with E-state index < -0.39 is 6.04 Å². The lowest BCUT2D eigenvalue weighted by atomic mass is 10.1. The Labute approximate surface area is 140 Å². The first kappa shape index (κ1) is 16.4. The molecule has 1 aliphatic rings. The van der Waals surface area contributed by atoms with Crippen LogP contribution in [-0.2, 0) is 4.74 Å². The number of hydrogen-bond acceptors (Lipinski definition) is 7. The smallest absolute Gasteiger partial charge is 0.256 e. The van der Waals surface area contributed by atoms with Crippen molar-refractivity contribution in [3.63, 3.8) is 0 Å². The molecule has 1 amide bonds. The highest BCUT2D eigenvalue weighted by Crippen LogP contribution is 2.29. The van der Waals surface area contributed by atoms with Crippen molar-refractivity contribution in [1.29, 1.82) is 0 Å². The summed E-state index contributed by atoms with van der Waals surface area (Å²) in [5.41, 5.74) is 0.524. The predicted octanol–water partition coefficient (Wildman–Crippen LogP) is 1.44. The van der Waals surface area contributed by atoms with Crippen LogP contribution in [0.5, 0.6) is 0 Å². The van der Waals surface area contributed by atoms with Crippen LogP contribution in [0, 0.1) is 6.92 Å². The molecule has 24 heavy (non-hydrogen) atoms. The third kappa shape index (κ3) is 3.09. The van der Waals surface area contributed by atoms with E-state index in [0.29, 0.717) is 30.4 Å². The van der Waals surface area contributed by atoms with Crippen LogP contribution in [0.4, 0.5) is 5.82 Å². The average molecular weight is 331 g/mol. The molecule has 0 radical (unpaired) electrons. The summed E-state index contributed by atoms with van der Waals surface area (Å²) in [6.07, 6.45) is 1.37. The first-order chi connectivity index (χ1) is 11.5. The van der Waals surface area contributed by atoms with Gasteiger partial charge in [-0.3, -0.25) is 4.79 Å². The highest BCUT2D eigenvalue weighted by molar-refractivity contribution is 5.94. The molecule has 1 aliphatic heterocycles. The first-order valence-corrected chi connectivity index (χ1v) is 7.83. The standard InChI is InChI=1S/C16H21N5O3/c1-10-14(15-18-11(2)19-24-15)21(7-8-23-10)16(22)12-5-6-13(17-9-12)20(3)4/h5-6,9-10,14H,7-8H2,1-4H3/t10-,14+/m1/s1. The molecule has 0 bridgehead atoms. The number of morpholine rings is 1. The second kappa shape index (κ2) is 6.56. The number of carbonyl (C=O) groups excluding carboxylic acids is 1. The van der Waals surface area contributed by atoms with E-state index in [-0.39, 0.29) is 12.0 Å². The molecule has 8 heteroatoms. The molecule has 3 rings (SSSR count). The third-order valence-electron chi connectivity index (χ3n) is 4.00. The zero-order valence-corrected chi connectivity index (χ0v) is 14.3. The molecule has 0 N–H and O–H groups in total. The fraction of sp³-hybridized carbons (Fsp3) is 0.500. The largest absolute Gasteiger partial charge is 0.374 e. The zero-order valence-electron chi connectivity index (χ0n) is 14.3. The Morgan fingerprint density at radius 1 is 1.38 bits per heavy atom. The fourth-order valence-electron chi connectivity index (χ4n) is 2.76. The summed E-state index contributed by atoms with van der Waals surface area (Å²) >= 11 is 0. The van der Waals surface area contributed by atoms with E-state index in [1.807, 2.05) is 32.0 Å². The highest BCUT2D eigenvalue weighted by atomic mass is 16.5. The Morgan fingerprint density at radius 3 is 2.75 bits per heavy atom. The molecule has 3 heterocycles. The van der Waals surface area contributed by atoms with E-state index in [2.05, 4.69) is 15.1 Å². The van der Waals surface area contributed by atoms with E-state index in [4.69, 9.17) is 9.26 Å². The summed E-state index contributed by atoms with van der Waals surface area (Å²) in [6.45, 7) is 4.58. The Morgan fingerprint density at radius 2 is 2.17 bits per heavy atom. The topological polar surface area (TPSA) is 84.6 Å². The Bertz CT molecular complexity index is 713. The molecule has 1 saturated heterocycles. The Hall–Kier alpha value is -2.48. The molecule has 0 saturated carbocycles. The van der Waals surface area contributed by atoms with Gasteiger partial charge < -0.3 is 19.1 Å². The minimum atomic E-state index is -0.402. The number of nitrogens with zero attached hydrogens (tertiary/aromatic N) is 5. The molecule has 0 spiro atoms. The molecule has 2 aromatic heterocycles. The number of aryl methyl sites for hydroxylation is 1. The van der Waals surface area contributed by atoms with E-state index in [1.165, 1.54) is 0 Å². The first-order valence-electron chi connectivity index (χ1n) is 7.83. The number of pyridine rings is 1. The van der Waals surface area contributed by atoms with Crippen molar-refractivity contribution in [2.45, 2.75) is 26.0 Å². The molecule has 0 aliphatic carbocycles. The maximum Gasteiger partial charge on any atom is 0.256 e. The number of rotatable bonds is 3. The molecular formula is C16H21N5O3. The van der Waals surface area contributed by atoms with Gasteiger partial charge in [0.2, 0.25) is 0 Å². The van der Waals surface area contributed by atoms with Crippen molar-refractivity contribution in [3.05, 3.63) is 35.6 Å². The molecule has 1 fully saturated rings. The van der Waals surface area contributed by atoms with Crippen molar-refractivity contribution in [2.75, 3.05) is 32.1 Å². The maximum atomic E-state index is 12.9. The van der Waals surface area contributed by atoms with Gasteiger partial charge in [-0.25, -0.2) is 4.98 Å². The van der Waals surface area contributed by atoms with Gasteiger partial charge in [0, 0.05) is 26.8 Å². The van der Waals surface area contributed by atoms with Gasteiger partial charge in [-0.1, -0.05) is 5.16 Å². The van der Waals surface area contributed by atoms with Gasteiger partial charge in [0.1, 0.15) is 11.9 Å². The van der Waals surface area contributed by atoms with E-state index in [9.17, 15) is 4.79 Å². The van der Waals surface area contributed by atoms with Gasteiger partial charge in [-0.15, -0.1) is 0 Å². The lowest BCUT2D eigenvalue weighted by molar-refractivity contribution is -0.0600. The van der Waals surface area contributed by atoms with Gasteiger partial charge in [0.05, 0.1) is 18.3 Å². The van der Waals surface area contributed by atoms with E-state index in [0.717, 1.165) is 5.82 Å². The van der Waals surface area contributed by atoms with Gasteiger partial charge >= 0.3 is 0 Å². The van der Waals surface area contributed by atoms with Crippen LogP contribution in [0.25, 0.3) is 0 Å². The average Bonchev–Trinajstić information content (AvgIpc) is 3.00. The number of anilines is 1. The van der Waals surface area contributed by atoms with Gasteiger partial charge in [0.25, 0.3) is 11.8 Å². The van der Waals surface area contributed by atoms with Crippen LogP contribution in [0.1, 0.15) is 35.0 Å². The van der Waals surface area contributed by atoms with Crippen LogP contribution in [-0.4, -0.2) is 59.3 Å². The van der Waals surface area contributed by atoms with Crippen LogP contribution in [0.2, 0.25) is 0 Å². The molecule has 0 unspecified atom stereocenters. The summed E-state index contributed by atoms with van der Waals surface area (Å²) in [7, 11) is 3.81. The third-order valence-corrected chi connectivity index (χ3v) is 4.00. The van der Waals surface area contributed by atoms with Crippen molar-refractivity contribution in [1.82, 2.24) is 20.0 Å². The molecule has 2 aromatic rings. The number of amides is 1. The highest BCUT2D eigenvalue weighted by Gasteiger charge is 2.38. The number of ether oxygens (including phenoxy) is 1. The van der Waals surface area contributed by atoms with Crippen molar-refractivity contribution < 1.29 is 14.1 Å². The molecule has 2 atom stereocenters. The minimum absolute atomic E-state index is 0.121. The zero-order chi connectivity index (χ0) is 17.3. The minimum Gasteiger partial charge on any atom is -0.374 e. The number of hydrogen-bond donors (Lipinski definition) is 0. The number of aromatic nitrogens is 3. The second-order valence-electron chi connectivity index (χ2n) is 6.00. The summed E-state index contributed by atoms with van der Waals surface area (Å²) in [5.74, 6) is 1.60. The summed E-state index contributed by atoms with van der Waals surface area (Å²) < 4.78 is 11.0. The second-order valence-corrected chi connectivity index (χ2v) is 6.00. The lowest BCUT2D eigenvalue weighted by Gasteiger charge is -2.37. The SMILES string of the molecule is Cc1noc([C@@H]2[C@@H](C)OCCN2C(=O)c2ccc(N(C)C)nc2)n1. The lowest BCUT2D eigenvalue weighted by Crippen LogP contribution is -2.47. The van der Waals surface area contributed by atoms with E-state index >= 15 is 0 Å². The van der Waals surface area contributed by atoms with Gasteiger partial charge in [-0.2, -0.15) is 4.98 Å². The summed E-state index contributed by atoms with van der Waals surface area (Å²) in [6, 6.07) is 3.20. The predicted molar refractivity (Wildman–Crippen MR) is 86.8 cm³/mol. The van der Waals surface area contributed by atoms with Crippen LogP contribution >= 0.6 is 0 Å². The summed E-state index contributed by atoms with van der Waals surface area (Å²) in [5, 5.41) is 3.83. The van der Waals surface area contributed by atoms with Gasteiger partial charge in [0.15, 0.2) is 5.82 Å². The molecule has 128 valence electrons. The molecular weight excluding hydrogens is 310 g/mol. The van der Waals surface area contributed by atoms with Crippen LogP contribution < -0.4 is 4.90 Å². The number of carbonyl (C=O) groups is 1. The normalized spacial score (nSPS) is 20.9. The van der Waals surface area contributed by atoms with Crippen LogP contribution in [0.15, 0.2) is 22.9 Å². The van der Waals surface area contributed by atoms with Crippen LogP contribution in [0.3, 0.4) is 0 Å². The monoisotopic (exact) mass is 331 g/mol. The Kier molecular flexibility index (Phi) is 4.48. The van der Waals surface area contributed by atoms with Crippen molar-refractivity contribution in [2.24, 2.45) is 0 Å². The van der Waals surface area contributed by atoms with E-state index in [1.54, 1.807) is 24.1 Å². The fourth-order valence-corrected chi connectivity index (χ4v) is 2.76. The quantitative estimate of drug-likeness (QED) is 0.841. The van der Waals surface area contributed by atoms with Crippen molar-refractivity contribution >= 4 is 11.7 Å². The Balaban J connectivity index is 1.88. The molecule has 8 nitrogen and oxygen atoms in total. The maximum absolute atomic E-state index is 12.9.